The van der Waals surface area contributed by atoms with E-state index in [9.17, 15) is 0 Å². The second-order valence-corrected chi connectivity index (χ2v) is 4.60. The van der Waals surface area contributed by atoms with Crippen molar-refractivity contribution in [3.05, 3.63) is 6.33 Å². The molecular weight excluding hydrogens is 206 g/mol. The minimum atomic E-state index is -0.305. The van der Waals surface area contributed by atoms with Gasteiger partial charge in [0.05, 0.1) is 0 Å². The van der Waals surface area contributed by atoms with Gasteiger partial charge in [-0.15, -0.1) is 0 Å². The van der Waals surface area contributed by atoms with Crippen LogP contribution in [0.2, 0.25) is 0 Å². The van der Waals surface area contributed by atoms with Crippen LogP contribution in [0.1, 0.15) is 20.8 Å². The van der Waals surface area contributed by atoms with Crippen molar-refractivity contribution in [2.75, 3.05) is 5.73 Å². The predicted molar refractivity (Wildman–Crippen MR) is 61.1 cm³/mol. The lowest BCUT2D eigenvalue weighted by Gasteiger charge is -2.20. The van der Waals surface area contributed by atoms with Crippen LogP contribution in [0.4, 0.5) is 5.82 Å². The highest BCUT2D eigenvalue weighted by molar-refractivity contribution is 5.87. The van der Waals surface area contributed by atoms with E-state index in [-0.39, 0.29) is 5.60 Å². The fraction of sp³-hybridized carbons (Fsp3) is 0.500. The van der Waals surface area contributed by atoms with Crippen LogP contribution in [0.25, 0.3) is 11.0 Å². The van der Waals surface area contributed by atoms with E-state index in [4.69, 9.17) is 10.5 Å². The molecule has 2 aromatic rings. The number of hydrogen-bond acceptors (Lipinski definition) is 5. The van der Waals surface area contributed by atoms with E-state index < -0.39 is 0 Å². The molecular formula is C10H15N5O. The summed E-state index contributed by atoms with van der Waals surface area (Å²) < 4.78 is 7.42. The van der Waals surface area contributed by atoms with E-state index in [1.165, 1.54) is 6.33 Å². The molecule has 0 bridgehead atoms. The number of nitrogen functional groups attached to an aromatic ring is 1. The molecule has 0 amide bonds. The molecule has 0 unspecified atom stereocenters. The van der Waals surface area contributed by atoms with Crippen LogP contribution in [-0.4, -0.2) is 25.3 Å². The summed E-state index contributed by atoms with van der Waals surface area (Å²) in [5, 5.41) is 4.24. The Balaban J connectivity index is 2.61. The first-order valence-electron chi connectivity index (χ1n) is 5.00. The third-order valence-corrected chi connectivity index (χ3v) is 2.00. The maximum Gasteiger partial charge on any atom is 0.239 e. The van der Waals surface area contributed by atoms with Gasteiger partial charge in [-0.3, -0.25) is 0 Å². The third kappa shape index (κ3) is 1.78. The maximum atomic E-state index is 5.80. The lowest BCUT2D eigenvalue weighted by Crippen LogP contribution is -2.24. The summed E-state index contributed by atoms with van der Waals surface area (Å²) in [7, 11) is 1.79. The van der Waals surface area contributed by atoms with Gasteiger partial charge in [-0.05, 0) is 20.8 Å². The topological polar surface area (TPSA) is 78.9 Å². The van der Waals surface area contributed by atoms with Gasteiger partial charge < -0.3 is 10.5 Å². The minimum absolute atomic E-state index is 0.305. The number of fused-ring (bicyclic) bond motifs is 1. The highest BCUT2D eigenvalue weighted by Gasteiger charge is 2.20. The molecule has 0 saturated carbocycles. The number of nitrogens with zero attached hydrogens (tertiary/aromatic N) is 4. The fourth-order valence-corrected chi connectivity index (χ4v) is 1.40. The van der Waals surface area contributed by atoms with Gasteiger partial charge in [-0.2, -0.15) is 5.10 Å². The number of anilines is 1. The van der Waals surface area contributed by atoms with E-state index in [1.807, 2.05) is 20.8 Å². The summed E-state index contributed by atoms with van der Waals surface area (Å²) in [5.74, 6) is 0.973. The van der Waals surface area contributed by atoms with Crippen molar-refractivity contribution < 1.29 is 4.74 Å². The highest BCUT2D eigenvalue weighted by Crippen LogP contribution is 2.27. The van der Waals surface area contributed by atoms with Gasteiger partial charge in [-0.25, -0.2) is 14.6 Å². The predicted octanol–water partition coefficient (Wildman–Crippen LogP) is 1.12. The van der Waals surface area contributed by atoms with Crippen LogP contribution in [0, 0.1) is 0 Å². The molecule has 16 heavy (non-hydrogen) atoms. The minimum Gasteiger partial charge on any atom is -0.471 e. The quantitative estimate of drug-likeness (QED) is 0.780. The summed E-state index contributed by atoms with van der Waals surface area (Å²) in [4.78, 5) is 8.04. The zero-order chi connectivity index (χ0) is 11.9. The normalized spacial score (nSPS) is 12.0. The van der Waals surface area contributed by atoms with Crippen molar-refractivity contribution in [2.45, 2.75) is 26.4 Å². The Labute approximate surface area is 93.4 Å². The molecule has 2 N–H and O–H groups in total. The molecule has 0 saturated heterocycles. The van der Waals surface area contributed by atoms with Crippen LogP contribution < -0.4 is 10.5 Å². The van der Waals surface area contributed by atoms with Crippen LogP contribution in [-0.2, 0) is 7.05 Å². The van der Waals surface area contributed by atoms with E-state index in [1.54, 1.807) is 11.7 Å². The van der Waals surface area contributed by atoms with E-state index in [0.29, 0.717) is 22.7 Å². The molecule has 0 spiro atoms. The van der Waals surface area contributed by atoms with Crippen LogP contribution in [0.3, 0.4) is 0 Å². The van der Waals surface area contributed by atoms with Crippen molar-refractivity contribution in [3.8, 4) is 5.88 Å². The molecule has 2 rings (SSSR count). The maximum absolute atomic E-state index is 5.80. The first-order chi connectivity index (χ1) is 7.38. The molecule has 0 aliphatic carbocycles. The molecule has 6 heteroatoms. The van der Waals surface area contributed by atoms with E-state index >= 15 is 0 Å². The van der Waals surface area contributed by atoms with Gasteiger partial charge in [0, 0.05) is 7.05 Å². The molecule has 86 valence electrons. The summed E-state index contributed by atoms with van der Waals surface area (Å²) in [6.07, 6.45) is 1.41. The number of aryl methyl sites for hydroxylation is 1. The standard InChI is InChI=1S/C10H15N5O/c1-10(2,3)16-9-7-6(14-15(9)4)8(11)13-5-12-7/h5H,1-4H3,(H2,11,12,13). The molecule has 2 aromatic heterocycles. The number of rotatable bonds is 1. The number of nitrogens with two attached hydrogens (primary N) is 1. The first-order valence-corrected chi connectivity index (χ1v) is 5.00. The Kier molecular flexibility index (Phi) is 2.22. The Morgan fingerprint density at radius 3 is 2.56 bits per heavy atom. The third-order valence-electron chi connectivity index (χ3n) is 2.00. The largest absolute Gasteiger partial charge is 0.471 e. The van der Waals surface area contributed by atoms with Gasteiger partial charge >= 0.3 is 0 Å². The van der Waals surface area contributed by atoms with E-state index in [0.717, 1.165) is 0 Å². The van der Waals surface area contributed by atoms with Gasteiger partial charge in [0.15, 0.2) is 16.9 Å². The van der Waals surface area contributed by atoms with Gasteiger partial charge in [-0.1, -0.05) is 0 Å². The Morgan fingerprint density at radius 1 is 1.25 bits per heavy atom. The Hall–Kier alpha value is -1.85. The zero-order valence-electron chi connectivity index (χ0n) is 9.85. The molecule has 0 atom stereocenters. The van der Waals surface area contributed by atoms with Crippen molar-refractivity contribution in [1.29, 1.82) is 0 Å². The monoisotopic (exact) mass is 221 g/mol. The smallest absolute Gasteiger partial charge is 0.239 e. The lowest BCUT2D eigenvalue weighted by molar-refractivity contribution is 0.119. The molecule has 0 aliphatic heterocycles. The van der Waals surface area contributed by atoms with Crippen molar-refractivity contribution in [2.24, 2.45) is 7.05 Å². The number of ether oxygens (including phenoxy) is 1. The second-order valence-electron chi connectivity index (χ2n) is 4.60. The second kappa shape index (κ2) is 3.33. The highest BCUT2D eigenvalue weighted by atomic mass is 16.5. The van der Waals surface area contributed by atoms with E-state index in [2.05, 4.69) is 15.1 Å². The Bertz CT molecular complexity index is 526. The van der Waals surface area contributed by atoms with Crippen LogP contribution in [0.15, 0.2) is 6.33 Å². The summed E-state index contributed by atoms with van der Waals surface area (Å²) in [6.45, 7) is 5.91. The fourth-order valence-electron chi connectivity index (χ4n) is 1.40. The Morgan fingerprint density at radius 2 is 1.94 bits per heavy atom. The SMILES string of the molecule is Cn1nc2c(N)ncnc2c1OC(C)(C)C. The average molecular weight is 221 g/mol. The van der Waals surface area contributed by atoms with Gasteiger partial charge in [0.1, 0.15) is 11.9 Å². The first kappa shape index (κ1) is 10.7. The van der Waals surface area contributed by atoms with Gasteiger partial charge in [0.2, 0.25) is 5.88 Å². The van der Waals surface area contributed by atoms with Crippen molar-refractivity contribution in [3.63, 3.8) is 0 Å². The summed E-state index contributed by atoms with van der Waals surface area (Å²) in [6, 6.07) is 0. The average Bonchev–Trinajstić information content (AvgIpc) is 2.44. The summed E-state index contributed by atoms with van der Waals surface area (Å²) in [5.41, 5.74) is 6.63. The molecule has 0 aliphatic rings. The molecule has 0 fully saturated rings. The molecule has 0 radical (unpaired) electrons. The van der Waals surface area contributed by atoms with Crippen LogP contribution >= 0.6 is 0 Å². The molecule has 2 heterocycles. The van der Waals surface area contributed by atoms with Crippen molar-refractivity contribution in [1.82, 2.24) is 19.7 Å². The molecule has 6 nitrogen and oxygen atoms in total. The van der Waals surface area contributed by atoms with Gasteiger partial charge in [0.25, 0.3) is 0 Å². The number of aromatic nitrogens is 4. The van der Waals surface area contributed by atoms with Crippen molar-refractivity contribution >= 4 is 16.9 Å². The lowest BCUT2D eigenvalue weighted by atomic mass is 10.2. The van der Waals surface area contributed by atoms with Crippen LogP contribution in [0.5, 0.6) is 5.88 Å². The summed E-state index contributed by atoms with van der Waals surface area (Å²) >= 11 is 0. The number of hydrogen-bond donors (Lipinski definition) is 1. The molecule has 0 aromatic carbocycles. The zero-order valence-corrected chi connectivity index (χ0v) is 9.85.